The Labute approximate surface area is 138 Å². The fourth-order valence-corrected chi connectivity index (χ4v) is 3.12. The average molecular weight is 330 g/mol. The average Bonchev–Trinajstić information content (AvgIpc) is 3.09. The molecule has 1 aromatic heterocycles. The summed E-state index contributed by atoms with van der Waals surface area (Å²) in [6, 6.07) is 6.99. The Hall–Kier alpha value is -2.76. The van der Waals surface area contributed by atoms with E-state index in [4.69, 9.17) is 14.3 Å². The first-order chi connectivity index (χ1) is 11.7. The lowest BCUT2D eigenvalue weighted by atomic mass is 10.1. The third-order valence-electron chi connectivity index (χ3n) is 4.05. The van der Waals surface area contributed by atoms with Crippen molar-refractivity contribution in [3.63, 3.8) is 0 Å². The molecule has 0 bridgehead atoms. The summed E-state index contributed by atoms with van der Waals surface area (Å²) in [5.41, 5.74) is 1.54. The Kier molecular flexibility index (Phi) is 4.29. The molecular weight excluding hydrogens is 312 g/mol. The van der Waals surface area contributed by atoms with Gasteiger partial charge in [0.25, 0.3) is 0 Å². The van der Waals surface area contributed by atoms with Crippen LogP contribution < -0.4 is 4.74 Å². The topological polar surface area (TPSA) is 70.0 Å². The highest BCUT2D eigenvalue weighted by molar-refractivity contribution is 5.94. The van der Waals surface area contributed by atoms with Crippen LogP contribution in [-0.2, 0) is 19.2 Å². The van der Waals surface area contributed by atoms with E-state index in [0.717, 1.165) is 16.6 Å². The summed E-state index contributed by atoms with van der Waals surface area (Å²) in [6.07, 6.45) is 0.0610. The maximum Gasteiger partial charge on any atom is 0.308 e. The molecule has 7 nitrogen and oxygen atoms in total. The second-order valence-corrected chi connectivity index (χ2v) is 5.26. The minimum absolute atomic E-state index is 0.0610. The molecule has 0 fully saturated rings. The molecule has 126 valence electrons. The van der Waals surface area contributed by atoms with E-state index in [-0.39, 0.29) is 18.2 Å². The first-order valence-corrected chi connectivity index (χ1v) is 7.59. The molecule has 3 rings (SSSR count). The first-order valence-electron chi connectivity index (χ1n) is 7.59. The summed E-state index contributed by atoms with van der Waals surface area (Å²) in [7, 11) is 3.04. The smallest absolute Gasteiger partial charge is 0.308 e. The van der Waals surface area contributed by atoms with Gasteiger partial charge in [0.2, 0.25) is 5.82 Å². The van der Waals surface area contributed by atoms with Crippen LogP contribution in [0.5, 0.6) is 5.75 Å². The predicted molar refractivity (Wildman–Crippen MR) is 86.7 cm³/mol. The van der Waals surface area contributed by atoms with E-state index >= 15 is 0 Å². The summed E-state index contributed by atoms with van der Waals surface area (Å²) in [4.78, 5) is 28.8. The summed E-state index contributed by atoms with van der Waals surface area (Å²) in [5, 5.41) is 2.24. The number of benzene rings is 1. The minimum atomic E-state index is -0.470. The highest BCUT2D eigenvalue weighted by Crippen LogP contribution is 2.43. The van der Waals surface area contributed by atoms with Gasteiger partial charge < -0.3 is 9.47 Å². The van der Waals surface area contributed by atoms with Crippen molar-refractivity contribution >= 4 is 28.6 Å². The maximum absolute atomic E-state index is 12.0. The van der Waals surface area contributed by atoms with Gasteiger partial charge in [-0.3, -0.25) is 14.2 Å². The zero-order valence-corrected chi connectivity index (χ0v) is 13.7. The Morgan fingerprint density at radius 3 is 2.75 bits per heavy atom. The molecular formula is C17H18N2O5. The van der Waals surface area contributed by atoms with Gasteiger partial charge in [0, 0.05) is 5.39 Å². The fourth-order valence-electron chi connectivity index (χ4n) is 3.12. The third-order valence-corrected chi connectivity index (χ3v) is 4.05. The molecule has 1 aliphatic heterocycles. The van der Waals surface area contributed by atoms with E-state index in [1.165, 1.54) is 12.2 Å². The Bertz CT molecular complexity index is 835. The summed E-state index contributed by atoms with van der Waals surface area (Å²) in [6.45, 7) is 2.05. The number of rotatable bonds is 5. The van der Waals surface area contributed by atoms with Crippen molar-refractivity contribution in [3.8, 4) is 5.75 Å². The molecule has 2 aromatic rings. The summed E-state index contributed by atoms with van der Waals surface area (Å²) in [5.74, 6) is 2.44. The van der Waals surface area contributed by atoms with Crippen molar-refractivity contribution in [1.82, 2.24) is 9.63 Å². The number of hydrogen-bond donors (Lipinski definition) is 0. The van der Waals surface area contributed by atoms with Crippen LogP contribution in [0, 0.1) is 0 Å². The molecule has 0 N–H and O–H groups in total. The number of esters is 1. The number of nitrogens with zero attached hydrogens (tertiary/aromatic N) is 2. The number of fused-ring (bicyclic) bond motifs is 3. The third kappa shape index (κ3) is 2.35. The van der Waals surface area contributed by atoms with Crippen molar-refractivity contribution in [2.45, 2.75) is 19.4 Å². The van der Waals surface area contributed by atoms with Crippen LogP contribution in [-0.4, -0.2) is 42.4 Å². The first kappa shape index (κ1) is 16.1. The lowest BCUT2D eigenvalue weighted by Crippen LogP contribution is -2.24. The molecule has 2 heterocycles. The van der Waals surface area contributed by atoms with Gasteiger partial charge in [0.15, 0.2) is 5.94 Å². The van der Waals surface area contributed by atoms with Crippen LogP contribution in [0.1, 0.15) is 25.1 Å². The molecule has 0 radical (unpaired) electrons. The van der Waals surface area contributed by atoms with Crippen molar-refractivity contribution < 1.29 is 23.9 Å². The largest absolute Gasteiger partial charge is 0.496 e. The van der Waals surface area contributed by atoms with Gasteiger partial charge in [-0.2, -0.15) is 0 Å². The summed E-state index contributed by atoms with van der Waals surface area (Å²) < 4.78 is 12.2. The molecule has 1 unspecified atom stereocenters. The van der Waals surface area contributed by atoms with E-state index in [1.54, 1.807) is 18.6 Å². The number of hydroxylamine groups is 2. The molecule has 1 aromatic carbocycles. The second kappa shape index (κ2) is 6.39. The maximum atomic E-state index is 12.0. The van der Waals surface area contributed by atoms with Gasteiger partial charge in [-0.05, 0) is 25.1 Å². The number of carbonyl (C=O) groups is 1. The molecule has 0 aliphatic carbocycles. The SMILES string of the molecule is CCOC(=O)CC1c2cc3c(OC)cccc3n2C(=C=O)N1OC. The predicted octanol–water partition coefficient (Wildman–Crippen LogP) is 2.15. The van der Waals surface area contributed by atoms with Gasteiger partial charge >= 0.3 is 5.97 Å². The Morgan fingerprint density at radius 2 is 2.12 bits per heavy atom. The van der Waals surface area contributed by atoms with Crippen molar-refractivity contribution in [1.29, 1.82) is 0 Å². The van der Waals surface area contributed by atoms with Gasteiger partial charge in [0.1, 0.15) is 11.8 Å². The van der Waals surface area contributed by atoms with Crippen molar-refractivity contribution in [2.24, 2.45) is 0 Å². The van der Waals surface area contributed by atoms with Crippen LogP contribution in [0.3, 0.4) is 0 Å². The molecule has 0 amide bonds. The zero-order chi connectivity index (χ0) is 17.3. The van der Waals surface area contributed by atoms with Crippen LogP contribution in [0.4, 0.5) is 0 Å². The van der Waals surface area contributed by atoms with Crippen LogP contribution >= 0.6 is 0 Å². The van der Waals surface area contributed by atoms with E-state index in [2.05, 4.69) is 0 Å². The normalized spacial score (nSPS) is 16.2. The monoisotopic (exact) mass is 330 g/mol. The Morgan fingerprint density at radius 1 is 1.33 bits per heavy atom. The van der Waals surface area contributed by atoms with Gasteiger partial charge in [-0.15, -0.1) is 0 Å². The molecule has 1 atom stereocenters. The lowest BCUT2D eigenvalue weighted by molar-refractivity contribution is -0.151. The van der Waals surface area contributed by atoms with Crippen molar-refractivity contribution in [3.05, 3.63) is 30.0 Å². The summed E-state index contributed by atoms with van der Waals surface area (Å²) >= 11 is 0. The number of methoxy groups -OCH3 is 1. The minimum Gasteiger partial charge on any atom is -0.496 e. The van der Waals surface area contributed by atoms with E-state index in [9.17, 15) is 9.59 Å². The molecule has 7 heteroatoms. The molecule has 0 saturated carbocycles. The van der Waals surface area contributed by atoms with Gasteiger partial charge in [-0.1, -0.05) is 6.07 Å². The number of ether oxygens (including phenoxy) is 2. The quantitative estimate of drug-likeness (QED) is 0.618. The van der Waals surface area contributed by atoms with E-state index in [0.29, 0.717) is 12.4 Å². The van der Waals surface area contributed by atoms with E-state index < -0.39 is 6.04 Å². The second-order valence-electron chi connectivity index (χ2n) is 5.26. The number of hydrogen-bond acceptors (Lipinski definition) is 6. The van der Waals surface area contributed by atoms with E-state index in [1.807, 2.05) is 30.2 Å². The zero-order valence-electron chi connectivity index (χ0n) is 13.7. The number of carbonyl (C=O) groups excluding carboxylic acids is 2. The lowest BCUT2D eigenvalue weighted by Gasteiger charge is -2.22. The van der Waals surface area contributed by atoms with Crippen LogP contribution in [0.15, 0.2) is 24.3 Å². The van der Waals surface area contributed by atoms with Crippen LogP contribution in [0.25, 0.3) is 16.7 Å². The highest BCUT2D eigenvalue weighted by Gasteiger charge is 2.39. The van der Waals surface area contributed by atoms with Crippen LogP contribution in [0.2, 0.25) is 0 Å². The standard InChI is InChI=1S/C17H18N2O5/c1-4-24-17(21)9-14-13-8-11-12(6-5-7-15(11)22-2)18(13)16(10-20)19(14)23-3/h5-8,14H,4,9H2,1-3H3. The Balaban J connectivity index is 2.16. The van der Waals surface area contributed by atoms with Crippen molar-refractivity contribution in [2.75, 3.05) is 20.8 Å². The molecule has 24 heavy (non-hydrogen) atoms. The number of aromatic nitrogens is 1. The highest BCUT2D eigenvalue weighted by atomic mass is 16.7. The molecule has 1 aliphatic rings. The fraction of sp³-hybridized carbons (Fsp3) is 0.353. The van der Waals surface area contributed by atoms with Gasteiger partial charge in [0.05, 0.1) is 38.5 Å². The van der Waals surface area contributed by atoms with Gasteiger partial charge in [-0.25, -0.2) is 9.86 Å². The molecule has 0 spiro atoms. The molecule has 0 saturated heterocycles.